The van der Waals surface area contributed by atoms with Crippen LogP contribution in [0.5, 0.6) is 0 Å². The molecule has 1 aromatic carbocycles. The first-order valence-corrected chi connectivity index (χ1v) is 10.6. The van der Waals surface area contributed by atoms with Crippen molar-refractivity contribution in [3.63, 3.8) is 0 Å². The van der Waals surface area contributed by atoms with E-state index in [4.69, 9.17) is 9.97 Å². The van der Waals surface area contributed by atoms with E-state index in [0.717, 1.165) is 39.8 Å². The summed E-state index contributed by atoms with van der Waals surface area (Å²) in [5.41, 5.74) is 0.946. The van der Waals surface area contributed by atoms with Gasteiger partial charge in [-0.1, -0.05) is 12.1 Å². The Labute approximate surface area is 172 Å². The molecule has 144 valence electrons. The van der Waals surface area contributed by atoms with E-state index in [1.54, 1.807) is 22.7 Å². The number of nitrogens with zero attached hydrogens (tertiary/aromatic N) is 6. The summed E-state index contributed by atoms with van der Waals surface area (Å²) in [6.07, 6.45) is 3.87. The Bertz CT molecular complexity index is 1100. The van der Waals surface area contributed by atoms with Crippen molar-refractivity contribution in [3.05, 3.63) is 56.4 Å². The lowest BCUT2D eigenvalue weighted by molar-refractivity contribution is 0.861. The van der Waals surface area contributed by atoms with Gasteiger partial charge in [-0.05, 0) is 26.0 Å². The molecular weight excluding hydrogens is 388 g/mol. The molecule has 0 aliphatic carbocycles. The zero-order valence-electron chi connectivity index (χ0n) is 16.4. The summed E-state index contributed by atoms with van der Waals surface area (Å²) in [6, 6.07) is 8.17. The van der Waals surface area contributed by atoms with Gasteiger partial charge in [0.2, 0.25) is 5.95 Å². The Morgan fingerprint density at radius 1 is 0.821 bits per heavy atom. The van der Waals surface area contributed by atoms with E-state index in [-0.39, 0.29) is 0 Å². The average Bonchev–Trinajstić information content (AvgIpc) is 3.28. The van der Waals surface area contributed by atoms with Crippen LogP contribution in [-0.4, -0.2) is 34.0 Å². The molecule has 0 fully saturated rings. The van der Waals surface area contributed by atoms with Gasteiger partial charge in [0.1, 0.15) is 5.82 Å². The summed E-state index contributed by atoms with van der Waals surface area (Å²) in [5, 5.41) is 3.20. The zero-order valence-corrected chi connectivity index (χ0v) is 18.0. The lowest BCUT2D eigenvalue weighted by Gasteiger charge is -2.22. The topological polar surface area (TPSA) is 58.0 Å². The first-order valence-electron chi connectivity index (χ1n) is 9.01. The summed E-state index contributed by atoms with van der Waals surface area (Å²) in [7, 11) is 4.09. The molecule has 0 bridgehead atoms. The molecule has 0 unspecified atom stereocenters. The number of rotatable bonds is 6. The lowest BCUT2D eigenvalue weighted by Crippen LogP contribution is -2.22. The largest absolute Gasteiger partial charge is 0.354 e. The molecule has 0 saturated carbocycles. The Hall–Kier alpha value is -2.58. The fourth-order valence-electron chi connectivity index (χ4n) is 3.08. The number of para-hydroxylation sites is 1. The first-order chi connectivity index (χ1) is 13.5. The number of aromatic nitrogens is 4. The van der Waals surface area contributed by atoms with Crippen LogP contribution in [0, 0.1) is 13.8 Å². The van der Waals surface area contributed by atoms with E-state index in [9.17, 15) is 0 Å². The molecule has 0 N–H and O–H groups in total. The van der Waals surface area contributed by atoms with Crippen LogP contribution in [0.25, 0.3) is 10.9 Å². The number of anilines is 2. The van der Waals surface area contributed by atoms with Gasteiger partial charge in [-0.25, -0.2) is 15.0 Å². The summed E-state index contributed by atoms with van der Waals surface area (Å²) >= 11 is 3.42. The smallest absolute Gasteiger partial charge is 0.227 e. The minimum Gasteiger partial charge on any atom is -0.354 e. The van der Waals surface area contributed by atoms with E-state index in [2.05, 4.69) is 32.9 Å². The highest BCUT2D eigenvalue weighted by atomic mass is 32.1. The van der Waals surface area contributed by atoms with E-state index >= 15 is 0 Å². The van der Waals surface area contributed by atoms with Crippen LogP contribution in [0.4, 0.5) is 11.8 Å². The maximum atomic E-state index is 4.92. The third kappa shape index (κ3) is 3.98. The second-order valence-electron chi connectivity index (χ2n) is 6.77. The minimum absolute atomic E-state index is 0.715. The van der Waals surface area contributed by atoms with Gasteiger partial charge in [-0.2, -0.15) is 4.98 Å². The number of fused-ring (bicyclic) bond motifs is 1. The minimum atomic E-state index is 0.715. The fraction of sp³-hybridized carbons (Fsp3) is 0.300. The van der Waals surface area contributed by atoms with Gasteiger partial charge in [-0.3, -0.25) is 0 Å². The SMILES string of the molecule is Cc1ncc(CN(C)c2nc(N(C)Cc3cnc(C)s3)c3ccccc3n2)s1. The quantitative estimate of drug-likeness (QED) is 0.469. The van der Waals surface area contributed by atoms with Crippen molar-refractivity contribution in [2.24, 2.45) is 0 Å². The van der Waals surface area contributed by atoms with Gasteiger partial charge in [0.15, 0.2) is 0 Å². The Balaban J connectivity index is 1.68. The molecule has 28 heavy (non-hydrogen) atoms. The number of thiazole rings is 2. The second-order valence-corrected chi connectivity index (χ2v) is 9.41. The van der Waals surface area contributed by atoms with Gasteiger partial charge in [0.25, 0.3) is 0 Å². The molecule has 0 aliphatic heterocycles. The maximum Gasteiger partial charge on any atom is 0.227 e. The molecule has 4 rings (SSSR count). The van der Waals surface area contributed by atoms with E-state index in [1.807, 2.05) is 51.5 Å². The Morgan fingerprint density at radius 3 is 2.04 bits per heavy atom. The predicted octanol–water partition coefficient (Wildman–Crippen LogP) is 4.43. The summed E-state index contributed by atoms with van der Waals surface area (Å²) in [6.45, 7) is 5.56. The van der Waals surface area contributed by atoms with Crippen LogP contribution in [-0.2, 0) is 13.1 Å². The Morgan fingerprint density at radius 2 is 1.43 bits per heavy atom. The summed E-state index contributed by atoms with van der Waals surface area (Å²) in [5.74, 6) is 1.64. The molecule has 0 spiro atoms. The number of hydrogen-bond acceptors (Lipinski definition) is 8. The van der Waals surface area contributed by atoms with Crippen molar-refractivity contribution in [1.82, 2.24) is 19.9 Å². The van der Waals surface area contributed by atoms with Crippen molar-refractivity contribution >= 4 is 45.3 Å². The zero-order chi connectivity index (χ0) is 19.7. The molecule has 0 radical (unpaired) electrons. The highest BCUT2D eigenvalue weighted by Gasteiger charge is 2.15. The molecule has 0 aliphatic rings. The standard InChI is InChI=1S/C20H22N6S2/c1-13-21-9-15(27-13)11-25(3)19-17-7-5-6-8-18(17)23-20(24-19)26(4)12-16-10-22-14(2)28-16/h5-10H,11-12H2,1-4H3. The van der Waals surface area contributed by atoms with Crippen LogP contribution < -0.4 is 9.80 Å². The van der Waals surface area contributed by atoms with Crippen LogP contribution in [0.15, 0.2) is 36.7 Å². The normalized spacial score (nSPS) is 11.1. The van der Waals surface area contributed by atoms with Gasteiger partial charge in [-0.15, -0.1) is 22.7 Å². The number of aryl methyl sites for hydroxylation is 2. The van der Waals surface area contributed by atoms with Crippen molar-refractivity contribution in [2.75, 3.05) is 23.9 Å². The van der Waals surface area contributed by atoms with Crippen molar-refractivity contribution < 1.29 is 0 Å². The van der Waals surface area contributed by atoms with Gasteiger partial charge >= 0.3 is 0 Å². The molecular formula is C20H22N6S2. The first kappa shape index (κ1) is 18.8. The molecule has 3 heterocycles. The number of hydrogen-bond donors (Lipinski definition) is 0. The fourth-order valence-corrected chi connectivity index (χ4v) is 4.78. The van der Waals surface area contributed by atoms with E-state index < -0.39 is 0 Å². The van der Waals surface area contributed by atoms with Crippen LogP contribution in [0.3, 0.4) is 0 Å². The average molecular weight is 411 g/mol. The molecule has 8 heteroatoms. The number of benzene rings is 1. The molecule has 0 amide bonds. The van der Waals surface area contributed by atoms with Gasteiger partial charge < -0.3 is 9.80 Å². The van der Waals surface area contributed by atoms with Crippen molar-refractivity contribution in [1.29, 1.82) is 0 Å². The van der Waals surface area contributed by atoms with Crippen molar-refractivity contribution in [2.45, 2.75) is 26.9 Å². The third-order valence-corrected chi connectivity index (χ3v) is 6.19. The van der Waals surface area contributed by atoms with Crippen LogP contribution >= 0.6 is 22.7 Å². The Kier molecular flexibility index (Phi) is 5.23. The summed E-state index contributed by atoms with van der Waals surface area (Å²) in [4.78, 5) is 25.1. The molecule has 3 aromatic heterocycles. The van der Waals surface area contributed by atoms with Crippen LogP contribution in [0.1, 0.15) is 19.8 Å². The van der Waals surface area contributed by atoms with Crippen molar-refractivity contribution in [3.8, 4) is 0 Å². The maximum absolute atomic E-state index is 4.92. The van der Waals surface area contributed by atoms with Crippen LogP contribution in [0.2, 0.25) is 0 Å². The summed E-state index contributed by atoms with van der Waals surface area (Å²) < 4.78 is 0. The lowest BCUT2D eigenvalue weighted by atomic mass is 10.2. The highest BCUT2D eigenvalue weighted by molar-refractivity contribution is 7.11. The predicted molar refractivity (Wildman–Crippen MR) is 117 cm³/mol. The van der Waals surface area contributed by atoms with Gasteiger partial charge in [0.05, 0.1) is 28.6 Å². The second kappa shape index (κ2) is 7.81. The van der Waals surface area contributed by atoms with E-state index in [1.165, 1.54) is 9.75 Å². The monoisotopic (exact) mass is 410 g/mol. The molecule has 6 nitrogen and oxygen atoms in total. The molecule has 0 saturated heterocycles. The molecule has 4 aromatic rings. The molecule has 0 atom stereocenters. The van der Waals surface area contributed by atoms with E-state index in [0.29, 0.717) is 5.95 Å². The van der Waals surface area contributed by atoms with Gasteiger partial charge in [0, 0.05) is 41.6 Å². The third-order valence-electron chi connectivity index (χ3n) is 4.40. The highest BCUT2D eigenvalue weighted by Crippen LogP contribution is 2.28.